The molecule has 0 radical (unpaired) electrons. The Balaban J connectivity index is 0.000000583. The summed E-state index contributed by atoms with van der Waals surface area (Å²) in [5, 5.41) is 0. The molecule has 0 aromatic heterocycles. The number of hydrogen-bond donors (Lipinski definition) is 0. The van der Waals surface area contributed by atoms with Crippen molar-refractivity contribution in [2.24, 2.45) is 5.92 Å². The van der Waals surface area contributed by atoms with Gasteiger partial charge in [0, 0.05) is 13.5 Å². The van der Waals surface area contributed by atoms with Crippen LogP contribution < -0.4 is 0 Å². The number of imide groups is 1. The quantitative estimate of drug-likeness (QED) is 0.621. The molecule has 2 rings (SSSR count). The summed E-state index contributed by atoms with van der Waals surface area (Å²) in [7, 11) is 1.35. The van der Waals surface area contributed by atoms with E-state index >= 15 is 0 Å². The minimum Gasteiger partial charge on any atom is -0.469 e. The molecule has 5 nitrogen and oxygen atoms in total. The van der Waals surface area contributed by atoms with Crippen LogP contribution in [0, 0.1) is 5.92 Å². The SMILES string of the molecule is C.CC(C)CN1C(=O)c2ccccc2C1=O.COC(C)=O. The Morgan fingerprint density at radius 2 is 1.52 bits per heavy atom. The largest absolute Gasteiger partial charge is 0.469 e. The topological polar surface area (TPSA) is 63.7 Å². The average Bonchev–Trinajstić information content (AvgIpc) is 2.65. The minimum atomic E-state index is -0.245. The van der Waals surface area contributed by atoms with Gasteiger partial charge >= 0.3 is 5.97 Å². The molecule has 1 aliphatic rings. The summed E-state index contributed by atoms with van der Waals surface area (Å²) in [6, 6.07) is 6.97. The number of fused-ring (bicyclic) bond motifs is 1. The van der Waals surface area contributed by atoms with Crippen LogP contribution in [0.15, 0.2) is 24.3 Å². The Bertz CT molecular complexity index is 488. The maximum Gasteiger partial charge on any atom is 0.302 e. The van der Waals surface area contributed by atoms with Crippen molar-refractivity contribution in [3.05, 3.63) is 35.4 Å². The zero-order chi connectivity index (χ0) is 15.3. The van der Waals surface area contributed by atoms with Crippen LogP contribution in [0.1, 0.15) is 48.9 Å². The summed E-state index contributed by atoms with van der Waals surface area (Å²) >= 11 is 0. The van der Waals surface area contributed by atoms with E-state index in [-0.39, 0.29) is 25.2 Å². The number of benzene rings is 1. The fourth-order valence-electron chi connectivity index (χ4n) is 1.77. The van der Waals surface area contributed by atoms with E-state index in [1.807, 2.05) is 13.8 Å². The van der Waals surface area contributed by atoms with Crippen molar-refractivity contribution in [3.63, 3.8) is 0 Å². The lowest BCUT2D eigenvalue weighted by Crippen LogP contribution is -2.33. The molecule has 1 aromatic carbocycles. The smallest absolute Gasteiger partial charge is 0.302 e. The molecule has 0 saturated carbocycles. The Morgan fingerprint density at radius 3 is 1.81 bits per heavy atom. The van der Waals surface area contributed by atoms with Gasteiger partial charge in [0.05, 0.1) is 18.2 Å². The highest BCUT2D eigenvalue weighted by Crippen LogP contribution is 2.22. The molecule has 2 amide bonds. The highest BCUT2D eigenvalue weighted by molar-refractivity contribution is 6.21. The Labute approximate surface area is 125 Å². The molecule has 0 N–H and O–H groups in total. The van der Waals surface area contributed by atoms with Crippen molar-refractivity contribution in [3.8, 4) is 0 Å². The number of nitrogens with zero attached hydrogens (tertiary/aromatic N) is 1. The molecule has 0 fully saturated rings. The van der Waals surface area contributed by atoms with E-state index in [0.717, 1.165) is 0 Å². The van der Waals surface area contributed by atoms with Crippen LogP contribution in [0.5, 0.6) is 0 Å². The fraction of sp³-hybridized carbons (Fsp3) is 0.438. The molecule has 1 aliphatic heterocycles. The normalized spacial score (nSPS) is 12.3. The number of esters is 1. The molecule has 1 heterocycles. The highest BCUT2D eigenvalue weighted by Gasteiger charge is 2.34. The summed E-state index contributed by atoms with van der Waals surface area (Å²) in [6.07, 6.45) is 0. The summed E-state index contributed by atoms with van der Waals surface area (Å²) in [6.45, 7) is 5.83. The lowest BCUT2D eigenvalue weighted by atomic mass is 10.1. The van der Waals surface area contributed by atoms with E-state index in [9.17, 15) is 14.4 Å². The van der Waals surface area contributed by atoms with E-state index in [0.29, 0.717) is 23.6 Å². The second kappa shape index (κ2) is 8.19. The van der Waals surface area contributed by atoms with Crippen molar-refractivity contribution < 1.29 is 19.1 Å². The van der Waals surface area contributed by atoms with E-state index in [1.165, 1.54) is 18.9 Å². The van der Waals surface area contributed by atoms with Gasteiger partial charge in [0.1, 0.15) is 0 Å². The first-order valence-electron chi connectivity index (χ1n) is 6.38. The first-order valence-corrected chi connectivity index (χ1v) is 6.38. The van der Waals surface area contributed by atoms with Crippen LogP contribution in [0.25, 0.3) is 0 Å². The molecular formula is C16H23NO4. The van der Waals surface area contributed by atoms with Gasteiger partial charge in [0.15, 0.2) is 0 Å². The average molecular weight is 293 g/mol. The lowest BCUT2D eigenvalue weighted by molar-refractivity contribution is -0.137. The molecule has 1 aromatic rings. The van der Waals surface area contributed by atoms with Crippen molar-refractivity contribution in [2.75, 3.05) is 13.7 Å². The van der Waals surface area contributed by atoms with Crippen LogP contribution >= 0.6 is 0 Å². The molecule has 0 atom stereocenters. The van der Waals surface area contributed by atoms with Crippen LogP contribution in [-0.4, -0.2) is 36.3 Å². The number of ether oxygens (including phenoxy) is 1. The van der Waals surface area contributed by atoms with E-state index in [2.05, 4.69) is 4.74 Å². The zero-order valence-corrected chi connectivity index (χ0v) is 12.2. The predicted molar refractivity (Wildman–Crippen MR) is 81.1 cm³/mol. The summed E-state index contributed by atoms with van der Waals surface area (Å²) in [4.78, 5) is 34.6. The number of carbonyl (C=O) groups is 3. The first kappa shape index (κ1) is 18.8. The maximum atomic E-state index is 11.8. The molecule has 5 heteroatoms. The number of carbonyl (C=O) groups excluding carboxylic acids is 3. The molecule has 116 valence electrons. The van der Waals surface area contributed by atoms with E-state index in [4.69, 9.17) is 0 Å². The van der Waals surface area contributed by atoms with Crippen LogP contribution in [0.3, 0.4) is 0 Å². The van der Waals surface area contributed by atoms with Crippen molar-refractivity contribution in [2.45, 2.75) is 28.2 Å². The van der Waals surface area contributed by atoms with Gasteiger partial charge in [-0.3, -0.25) is 19.3 Å². The third kappa shape index (κ3) is 4.70. The summed E-state index contributed by atoms with van der Waals surface area (Å²) < 4.78 is 4.11. The van der Waals surface area contributed by atoms with Gasteiger partial charge in [-0.1, -0.05) is 33.4 Å². The molecule has 0 aliphatic carbocycles. The first-order chi connectivity index (χ1) is 9.38. The van der Waals surface area contributed by atoms with Crippen molar-refractivity contribution in [1.82, 2.24) is 4.90 Å². The highest BCUT2D eigenvalue weighted by atomic mass is 16.5. The Morgan fingerprint density at radius 1 is 1.14 bits per heavy atom. The van der Waals surface area contributed by atoms with Gasteiger partial charge in [-0.2, -0.15) is 0 Å². The molecule has 0 unspecified atom stereocenters. The molecule has 0 saturated heterocycles. The lowest BCUT2D eigenvalue weighted by Gasteiger charge is -2.15. The van der Waals surface area contributed by atoms with Gasteiger partial charge < -0.3 is 4.74 Å². The monoisotopic (exact) mass is 293 g/mol. The molecular weight excluding hydrogens is 270 g/mol. The van der Waals surface area contributed by atoms with E-state index < -0.39 is 0 Å². The summed E-state index contributed by atoms with van der Waals surface area (Å²) in [5.74, 6) is -0.272. The maximum absolute atomic E-state index is 11.8. The number of rotatable bonds is 2. The third-order valence-corrected chi connectivity index (χ3v) is 2.71. The van der Waals surface area contributed by atoms with Gasteiger partial charge in [-0.05, 0) is 18.1 Å². The van der Waals surface area contributed by atoms with Crippen molar-refractivity contribution >= 4 is 17.8 Å². The third-order valence-electron chi connectivity index (χ3n) is 2.71. The number of amides is 2. The Hall–Kier alpha value is -2.17. The van der Waals surface area contributed by atoms with E-state index in [1.54, 1.807) is 24.3 Å². The van der Waals surface area contributed by atoms with Gasteiger partial charge in [-0.15, -0.1) is 0 Å². The fourth-order valence-corrected chi connectivity index (χ4v) is 1.77. The Kier molecular flexibility index (Phi) is 7.35. The van der Waals surface area contributed by atoms with Gasteiger partial charge in [0.2, 0.25) is 0 Å². The number of hydrogen-bond acceptors (Lipinski definition) is 4. The standard InChI is InChI=1S/C12H13NO2.C3H6O2.CH4/c1-8(2)7-13-11(14)9-5-3-4-6-10(9)12(13)15;1-3(4)5-2;/h3-6,8H,7H2,1-2H3;1-2H3;1H4. The second-order valence-electron chi connectivity index (χ2n) is 4.86. The molecule has 21 heavy (non-hydrogen) atoms. The molecule has 0 bridgehead atoms. The van der Waals surface area contributed by atoms with Crippen LogP contribution in [0.4, 0.5) is 0 Å². The predicted octanol–water partition coefficient (Wildman–Crippen LogP) is 2.75. The van der Waals surface area contributed by atoms with Crippen LogP contribution in [0.2, 0.25) is 0 Å². The minimum absolute atomic E-state index is 0. The zero-order valence-electron chi connectivity index (χ0n) is 12.2. The van der Waals surface area contributed by atoms with Gasteiger partial charge in [0.25, 0.3) is 11.8 Å². The second-order valence-corrected chi connectivity index (χ2v) is 4.86. The van der Waals surface area contributed by atoms with Crippen molar-refractivity contribution in [1.29, 1.82) is 0 Å². The van der Waals surface area contributed by atoms with Crippen LogP contribution in [-0.2, 0) is 9.53 Å². The van der Waals surface area contributed by atoms with Gasteiger partial charge in [-0.25, -0.2) is 0 Å². The summed E-state index contributed by atoms with van der Waals surface area (Å²) in [5.41, 5.74) is 1.06. The number of methoxy groups -OCH3 is 1. The molecule has 0 spiro atoms.